The van der Waals surface area contributed by atoms with Gasteiger partial charge in [-0.1, -0.05) is 13.0 Å². The van der Waals surface area contributed by atoms with Gasteiger partial charge in [0.25, 0.3) is 0 Å². The van der Waals surface area contributed by atoms with E-state index in [4.69, 9.17) is 4.74 Å². The minimum Gasteiger partial charge on any atom is -0.459 e. The van der Waals surface area contributed by atoms with E-state index < -0.39 is 0 Å². The molecule has 0 saturated heterocycles. The Kier molecular flexibility index (Phi) is 2.62. The highest BCUT2D eigenvalue weighted by atomic mass is 16.5. The Hall–Kier alpha value is -0.790. The molecule has 0 aromatic rings. The van der Waals surface area contributed by atoms with Crippen LogP contribution in [0, 0.1) is 17.8 Å². The lowest BCUT2D eigenvalue weighted by Gasteiger charge is -2.27. The fourth-order valence-corrected chi connectivity index (χ4v) is 3.19. The lowest BCUT2D eigenvalue weighted by Crippen LogP contribution is -2.27. The zero-order chi connectivity index (χ0) is 10.1. The molecule has 2 fully saturated rings. The Morgan fingerprint density at radius 1 is 1.50 bits per heavy atom. The van der Waals surface area contributed by atoms with Gasteiger partial charge in [-0.3, -0.25) is 0 Å². The maximum atomic E-state index is 11.0. The molecule has 0 aliphatic heterocycles. The number of hydrogen-bond acceptors (Lipinski definition) is 2. The van der Waals surface area contributed by atoms with Crippen molar-refractivity contribution < 1.29 is 9.53 Å². The summed E-state index contributed by atoms with van der Waals surface area (Å²) in [6, 6.07) is 0. The summed E-state index contributed by atoms with van der Waals surface area (Å²) in [6.07, 6.45) is 6.69. The Balaban J connectivity index is 1.89. The molecule has 0 amide bonds. The van der Waals surface area contributed by atoms with Crippen LogP contribution in [0.25, 0.3) is 0 Å². The first-order valence-corrected chi connectivity index (χ1v) is 5.53. The lowest BCUT2D eigenvalue weighted by molar-refractivity contribution is -0.145. The fraction of sp³-hybridized carbons (Fsp3) is 0.750. The van der Waals surface area contributed by atoms with Crippen LogP contribution in [0.5, 0.6) is 0 Å². The normalized spacial score (nSPS) is 36.8. The molecule has 0 heterocycles. The molecule has 0 radical (unpaired) electrons. The van der Waals surface area contributed by atoms with Crippen molar-refractivity contribution in [2.24, 2.45) is 17.8 Å². The summed E-state index contributed by atoms with van der Waals surface area (Å²) in [4.78, 5) is 11.0. The van der Waals surface area contributed by atoms with Gasteiger partial charge in [0.2, 0.25) is 0 Å². The average molecular weight is 194 g/mol. The summed E-state index contributed by atoms with van der Waals surface area (Å²) in [5, 5.41) is 0. The molecule has 4 atom stereocenters. The first-order chi connectivity index (χ1) is 6.70. The molecule has 0 N–H and O–H groups in total. The molecular weight excluding hydrogens is 176 g/mol. The summed E-state index contributed by atoms with van der Waals surface area (Å²) >= 11 is 0. The predicted octanol–water partition coefficient (Wildman–Crippen LogP) is 2.54. The van der Waals surface area contributed by atoms with Crippen LogP contribution >= 0.6 is 0 Å². The number of carbonyl (C=O) groups excluding carboxylic acids is 1. The number of hydrogen-bond donors (Lipinski definition) is 0. The molecular formula is C12H18O2. The van der Waals surface area contributed by atoms with Gasteiger partial charge < -0.3 is 4.74 Å². The fourth-order valence-electron chi connectivity index (χ4n) is 3.19. The van der Waals surface area contributed by atoms with Gasteiger partial charge in [0.15, 0.2) is 0 Å². The predicted molar refractivity (Wildman–Crippen MR) is 54.7 cm³/mol. The maximum Gasteiger partial charge on any atom is 0.330 e. The molecule has 2 heteroatoms. The number of ether oxygens (including phenoxy) is 1. The Labute approximate surface area is 85.3 Å². The summed E-state index contributed by atoms with van der Waals surface area (Å²) in [7, 11) is 0. The average Bonchev–Trinajstić information content (AvgIpc) is 2.78. The summed E-state index contributed by atoms with van der Waals surface area (Å²) in [6.45, 7) is 5.43. The van der Waals surface area contributed by atoms with Gasteiger partial charge in [-0.05, 0) is 43.9 Å². The second-order valence-electron chi connectivity index (χ2n) is 4.68. The highest BCUT2D eigenvalue weighted by Crippen LogP contribution is 2.49. The Morgan fingerprint density at radius 3 is 2.79 bits per heavy atom. The van der Waals surface area contributed by atoms with E-state index in [0.29, 0.717) is 5.92 Å². The third kappa shape index (κ3) is 1.70. The first kappa shape index (κ1) is 9.75. The first-order valence-electron chi connectivity index (χ1n) is 5.53. The van der Waals surface area contributed by atoms with E-state index in [9.17, 15) is 4.79 Å². The van der Waals surface area contributed by atoms with E-state index in [-0.39, 0.29) is 12.1 Å². The van der Waals surface area contributed by atoms with E-state index >= 15 is 0 Å². The highest BCUT2D eigenvalue weighted by Gasteiger charge is 2.42. The summed E-state index contributed by atoms with van der Waals surface area (Å²) in [5.74, 6) is 2.06. The van der Waals surface area contributed by atoms with Gasteiger partial charge in [-0.25, -0.2) is 4.79 Å². The third-order valence-electron chi connectivity index (χ3n) is 3.86. The van der Waals surface area contributed by atoms with Crippen LogP contribution in [0.4, 0.5) is 0 Å². The second kappa shape index (κ2) is 3.76. The van der Waals surface area contributed by atoms with Crippen LogP contribution in [0.1, 0.15) is 32.6 Å². The van der Waals surface area contributed by atoms with E-state index in [1.165, 1.54) is 31.8 Å². The van der Waals surface area contributed by atoms with Crippen LogP contribution in [0.2, 0.25) is 0 Å². The Morgan fingerprint density at radius 2 is 2.29 bits per heavy atom. The summed E-state index contributed by atoms with van der Waals surface area (Å²) < 4.78 is 5.28. The van der Waals surface area contributed by atoms with Gasteiger partial charge in [0.05, 0.1) is 0 Å². The van der Waals surface area contributed by atoms with E-state index in [2.05, 4.69) is 6.58 Å². The van der Waals surface area contributed by atoms with Crippen molar-refractivity contribution in [2.45, 2.75) is 38.7 Å². The van der Waals surface area contributed by atoms with Crippen LogP contribution in [0.3, 0.4) is 0 Å². The molecule has 78 valence electrons. The van der Waals surface area contributed by atoms with E-state index in [0.717, 1.165) is 11.8 Å². The smallest absolute Gasteiger partial charge is 0.330 e. The van der Waals surface area contributed by atoms with Crippen molar-refractivity contribution in [3.05, 3.63) is 12.7 Å². The number of fused-ring (bicyclic) bond motifs is 2. The van der Waals surface area contributed by atoms with Gasteiger partial charge >= 0.3 is 5.97 Å². The van der Waals surface area contributed by atoms with Crippen molar-refractivity contribution in [1.82, 2.24) is 0 Å². The van der Waals surface area contributed by atoms with Crippen LogP contribution in [-0.2, 0) is 9.53 Å². The molecule has 2 aliphatic rings. The Bertz CT molecular complexity index is 247. The molecule has 2 saturated carbocycles. The van der Waals surface area contributed by atoms with Crippen molar-refractivity contribution in [1.29, 1.82) is 0 Å². The van der Waals surface area contributed by atoms with Gasteiger partial charge in [-0.15, -0.1) is 0 Å². The topological polar surface area (TPSA) is 26.3 Å². The SMILES string of the molecule is C=CC(=O)OC(C)C1CC2CCC1C2. The molecule has 4 unspecified atom stereocenters. The van der Waals surface area contributed by atoms with Crippen molar-refractivity contribution in [3.8, 4) is 0 Å². The van der Waals surface area contributed by atoms with Gasteiger partial charge in [0.1, 0.15) is 6.10 Å². The monoisotopic (exact) mass is 194 g/mol. The second-order valence-corrected chi connectivity index (χ2v) is 4.68. The van der Waals surface area contributed by atoms with Crippen LogP contribution in [0.15, 0.2) is 12.7 Å². The van der Waals surface area contributed by atoms with Crippen molar-refractivity contribution in [3.63, 3.8) is 0 Å². The molecule has 0 spiro atoms. The molecule has 14 heavy (non-hydrogen) atoms. The zero-order valence-corrected chi connectivity index (χ0v) is 8.74. The van der Waals surface area contributed by atoms with Crippen molar-refractivity contribution in [2.75, 3.05) is 0 Å². The number of rotatable bonds is 3. The standard InChI is InChI=1S/C12H18O2/c1-3-12(13)14-8(2)11-7-9-4-5-10(11)6-9/h3,8-11H,1,4-7H2,2H3. The van der Waals surface area contributed by atoms with Gasteiger partial charge in [-0.2, -0.15) is 0 Å². The minimum atomic E-state index is -0.278. The highest BCUT2D eigenvalue weighted by molar-refractivity contribution is 5.81. The zero-order valence-electron chi connectivity index (χ0n) is 8.74. The third-order valence-corrected chi connectivity index (χ3v) is 3.86. The molecule has 2 nitrogen and oxygen atoms in total. The quantitative estimate of drug-likeness (QED) is 0.510. The lowest BCUT2D eigenvalue weighted by atomic mass is 9.85. The molecule has 2 aliphatic carbocycles. The minimum absolute atomic E-state index is 0.0794. The van der Waals surface area contributed by atoms with Crippen LogP contribution in [-0.4, -0.2) is 12.1 Å². The van der Waals surface area contributed by atoms with Gasteiger partial charge in [0, 0.05) is 6.08 Å². The van der Waals surface area contributed by atoms with E-state index in [1.54, 1.807) is 0 Å². The van der Waals surface area contributed by atoms with Crippen molar-refractivity contribution >= 4 is 5.97 Å². The van der Waals surface area contributed by atoms with Crippen LogP contribution < -0.4 is 0 Å². The summed E-state index contributed by atoms with van der Waals surface area (Å²) in [5.41, 5.74) is 0. The number of carbonyl (C=O) groups is 1. The molecule has 0 aromatic carbocycles. The molecule has 2 rings (SSSR count). The largest absolute Gasteiger partial charge is 0.459 e. The number of esters is 1. The molecule has 2 bridgehead atoms. The maximum absolute atomic E-state index is 11.0. The molecule has 0 aromatic heterocycles. The van der Waals surface area contributed by atoms with E-state index in [1.807, 2.05) is 6.92 Å².